The van der Waals surface area contributed by atoms with Gasteiger partial charge in [0.2, 0.25) is 0 Å². The first kappa shape index (κ1) is 11.8. The van der Waals surface area contributed by atoms with E-state index in [2.05, 4.69) is 31.3 Å². The van der Waals surface area contributed by atoms with Crippen LogP contribution in [0.15, 0.2) is 24.3 Å². The maximum Gasteiger partial charge on any atom is 0.122 e. The number of benzene rings is 1. The molecule has 0 bridgehead atoms. The lowest BCUT2D eigenvalue weighted by Gasteiger charge is -2.24. The second-order valence-corrected chi connectivity index (χ2v) is 6.47. The second-order valence-electron chi connectivity index (χ2n) is 4.53. The van der Waals surface area contributed by atoms with Crippen molar-refractivity contribution in [1.82, 2.24) is 5.32 Å². The summed E-state index contributed by atoms with van der Waals surface area (Å²) in [6.07, 6.45) is 1.01. The van der Waals surface area contributed by atoms with Crippen molar-refractivity contribution in [1.29, 1.82) is 0 Å². The van der Waals surface area contributed by atoms with Crippen LogP contribution in [0.4, 0.5) is 0 Å². The normalized spacial score (nSPS) is 29.3. The highest BCUT2D eigenvalue weighted by Crippen LogP contribution is 2.36. The van der Waals surface area contributed by atoms with Crippen LogP contribution in [0.2, 0.25) is 0 Å². The summed E-state index contributed by atoms with van der Waals surface area (Å²) in [5, 5.41) is 4.28. The minimum absolute atomic E-state index is 0.147. The van der Waals surface area contributed by atoms with E-state index in [-0.39, 0.29) is 4.87 Å². The van der Waals surface area contributed by atoms with Crippen molar-refractivity contribution < 1.29 is 4.74 Å². The van der Waals surface area contributed by atoms with E-state index in [0.29, 0.717) is 5.25 Å². The predicted octanol–water partition coefficient (Wildman–Crippen LogP) is 2.68. The molecule has 2 rings (SSSR count). The fourth-order valence-corrected chi connectivity index (χ4v) is 3.66. The molecule has 2 atom stereocenters. The Balaban J connectivity index is 2.14. The first-order chi connectivity index (χ1) is 7.63. The lowest BCUT2D eigenvalue weighted by molar-refractivity contribution is 0.405. The number of ether oxygens (including phenoxy) is 1. The van der Waals surface area contributed by atoms with Gasteiger partial charge in [0.1, 0.15) is 5.75 Å². The molecule has 0 aromatic heterocycles. The number of hydrogen-bond acceptors (Lipinski definition) is 3. The molecule has 0 aliphatic carbocycles. The molecule has 1 aromatic rings. The van der Waals surface area contributed by atoms with Crippen LogP contribution in [0.3, 0.4) is 0 Å². The molecule has 1 aromatic carbocycles. The fourth-order valence-electron chi connectivity index (χ4n) is 2.20. The molecule has 0 saturated carbocycles. The Morgan fingerprint density at radius 2 is 2.25 bits per heavy atom. The van der Waals surface area contributed by atoms with Crippen LogP contribution in [0.5, 0.6) is 5.75 Å². The van der Waals surface area contributed by atoms with Gasteiger partial charge in [0.25, 0.3) is 0 Å². The Kier molecular flexibility index (Phi) is 3.45. The molecule has 1 saturated heterocycles. The maximum absolute atomic E-state index is 5.39. The lowest BCUT2D eigenvalue weighted by atomic mass is 10.1. The third-order valence-electron chi connectivity index (χ3n) is 2.95. The molecule has 2 unspecified atom stereocenters. The largest absolute Gasteiger partial charge is 0.496 e. The van der Waals surface area contributed by atoms with Gasteiger partial charge in [-0.25, -0.2) is 0 Å². The van der Waals surface area contributed by atoms with Gasteiger partial charge in [-0.15, -0.1) is 11.8 Å². The van der Waals surface area contributed by atoms with Crippen LogP contribution >= 0.6 is 11.8 Å². The average molecular weight is 237 g/mol. The molecular formula is C13H19NOS. The molecule has 16 heavy (non-hydrogen) atoms. The van der Waals surface area contributed by atoms with Crippen LogP contribution in [0.1, 0.15) is 19.4 Å². The average Bonchev–Trinajstić information content (AvgIpc) is 2.59. The molecule has 1 heterocycles. The minimum atomic E-state index is 0.147. The zero-order valence-corrected chi connectivity index (χ0v) is 10.9. The van der Waals surface area contributed by atoms with E-state index in [0.717, 1.165) is 18.7 Å². The maximum atomic E-state index is 5.39. The Bertz CT molecular complexity index is 369. The summed E-state index contributed by atoms with van der Waals surface area (Å²) in [6, 6.07) is 8.27. The molecule has 1 fully saturated rings. The predicted molar refractivity (Wildman–Crippen MR) is 70.2 cm³/mol. The molecule has 3 heteroatoms. The number of thioether (sulfide) groups is 1. The summed E-state index contributed by atoms with van der Waals surface area (Å²) in [4.78, 5) is 0.147. The number of methoxy groups -OCH3 is 1. The van der Waals surface area contributed by atoms with E-state index in [9.17, 15) is 0 Å². The van der Waals surface area contributed by atoms with E-state index < -0.39 is 0 Å². The SMILES string of the molecule is COc1ccccc1CC1(C)NCC(C)S1. The molecule has 1 aliphatic heterocycles. The first-order valence-corrected chi connectivity index (χ1v) is 6.56. The van der Waals surface area contributed by atoms with E-state index in [1.807, 2.05) is 23.9 Å². The molecule has 0 amide bonds. The van der Waals surface area contributed by atoms with Crippen LogP contribution in [-0.4, -0.2) is 23.8 Å². The summed E-state index contributed by atoms with van der Waals surface area (Å²) in [7, 11) is 1.74. The summed E-state index contributed by atoms with van der Waals surface area (Å²) < 4.78 is 5.39. The zero-order chi connectivity index (χ0) is 11.6. The van der Waals surface area contributed by atoms with Gasteiger partial charge in [-0.1, -0.05) is 25.1 Å². The standard InChI is InChI=1S/C13H19NOS/c1-10-9-14-13(2,16-10)8-11-6-4-5-7-12(11)15-3/h4-7,10,14H,8-9H2,1-3H3. The van der Waals surface area contributed by atoms with E-state index >= 15 is 0 Å². The molecule has 0 radical (unpaired) electrons. The highest BCUT2D eigenvalue weighted by atomic mass is 32.2. The van der Waals surface area contributed by atoms with Crippen LogP contribution in [0, 0.1) is 0 Å². The van der Waals surface area contributed by atoms with Crippen molar-refractivity contribution >= 4 is 11.8 Å². The summed E-state index contributed by atoms with van der Waals surface area (Å²) in [6.45, 7) is 5.63. The minimum Gasteiger partial charge on any atom is -0.496 e. The molecule has 1 N–H and O–H groups in total. The topological polar surface area (TPSA) is 21.3 Å². The molecular weight excluding hydrogens is 218 g/mol. The van der Waals surface area contributed by atoms with Gasteiger partial charge in [0.05, 0.1) is 12.0 Å². The van der Waals surface area contributed by atoms with Crippen LogP contribution in [0.25, 0.3) is 0 Å². The number of hydrogen-bond donors (Lipinski definition) is 1. The number of para-hydroxylation sites is 1. The Morgan fingerprint density at radius 3 is 2.88 bits per heavy atom. The van der Waals surface area contributed by atoms with Gasteiger partial charge in [-0.2, -0.15) is 0 Å². The lowest BCUT2D eigenvalue weighted by Crippen LogP contribution is -2.36. The number of rotatable bonds is 3. The third kappa shape index (κ3) is 2.53. The van der Waals surface area contributed by atoms with Gasteiger partial charge >= 0.3 is 0 Å². The van der Waals surface area contributed by atoms with Gasteiger partial charge < -0.3 is 10.1 Å². The fraction of sp³-hybridized carbons (Fsp3) is 0.538. The highest BCUT2D eigenvalue weighted by Gasteiger charge is 2.33. The summed E-state index contributed by atoms with van der Waals surface area (Å²) in [5.74, 6) is 0.991. The summed E-state index contributed by atoms with van der Waals surface area (Å²) in [5.41, 5.74) is 1.28. The summed E-state index contributed by atoms with van der Waals surface area (Å²) >= 11 is 2.02. The zero-order valence-electron chi connectivity index (χ0n) is 10.1. The number of nitrogens with one attached hydrogen (secondary N) is 1. The molecule has 2 nitrogen and oxygen atoms in total. The Hall–Kier alpha value is -0.670. The third-order valence-corrected chi connectivity index (χ3v) is 4.32. The van der Waals surface area contributed by atoms with Gasteiger partial charge in [-0.3, -0.25) is 0 Å². The van der Waals surface area contributed by atoms with Crippen LogP contribution < -0.4 is 10.1 Å². The van der Waals surface area contributed by atoms with E-state index in [1.165, 1.54) is 5.56 Å². The molecule has 0 spiro atoms. The van der Waals surface area contributed by atoms with Gasteiger partial charge in [-0.05, 0) is 18.6 Å². The Morgan fingerprint density at radius 1 is 1.50 bits per heavy atom. The van der Waals surface area contributed by atoms with Gasteiger partial charge in [0, 0.05) is 18.2 Å². The second kappa shape index (κ2) is 4.68. The molecule has 1 aliphatic rings. The quantitative estimate of drug-likeness (QED) is 0.873. The van der Waals surface area contributed by atoms with Crippen molar-refractivity contribution in [2.75, 3.05) is 13.7 Å². The van der Waals surface area contributed by atoms with Crippen molar-refractivity contribution in [2.45, 2.75) is 30.4 Å². The van der Waals surface area contributed by atoms with E-state index in [1.54, 1.807) is 7.11 Å². The molecule has 88 valence electrons. The highest BCUT2D eigenvalue weighted by molar-refractivity contribution is 8.01. The van der Waals surface area contributed by atoms with Crippen LogP contribution in [-0.2, 0) is 6.42 Å². The first-order valence-electron chi connectivity index (χ1n) is 5.68. The van der Waals surface area contributed by atoms with Crippen molar-refractivity contribution in [3.63, 3.8) is 0 Å². The van der Waals surface area contributed by atoms with Crippen molar-refractivity contribution in [3.05, 3.63) is 29.8 Å². The van der Waals surface area contributed by atoms with Crippen molar-refractivity contribution in [2.24, 2.45) is 0 Å². The Labute approximate surface area is 102 Å². The monoisotopic (exact) mass is 237 g/mol. The smallest absolute Gasteiger partial charge is 0.122 e. The van der Waals surface area contributed by atoms with Gasteiger partial charge in [0.15, 0.2) is 0 Å². The van der Waals surface area contributed by atoms with Crippen molar-refractivity contribution in [3.8, 4) is 5.75 Å². The van der Waals surface area contributed by atoms with E-state index in [4.69, 9.17) is 4.74 Å².